The summed E-state index contributed by atoms with van der Waals surface area (Å²) < 4.78 is 20.9. The van der Waals surface area contributed by atoms with Crippen LogP contribution < -0.4 is 10.1 Å². The number of ether oxygens (including phenoxy) is 4. The van der Waals surface area contributed by atoms with Gasteiger partial charge in [-0.2, -0.15) is 0 Å². The first-order chi connectivity index (χ1) is 10.3. The molecular weight excluding hydrogens is 270 g/mol. The van der Waals surface area contributed by atoms with Gasteiger partial charge >= 0.3 is 0 Å². The molecule has 0 heterocycles. The van der Waals surface area contributed by atoms with Gasteiger partial charge < -0.3 is 24.3 Å². The van der Waals surface area contributed by atoms with Gasteiger partial charge in [0.25, 0.3) is 0 Å². The lowest BCUT2D eigenvalue weighted by molar-refractivity contribution is 0.0253. The molecule has 1 aromatic carbocycles. The van der Waals surface area contributed by atoms with Crippen molar-refractivity contribution >= 4 is 0 Å². The number of rotatable bonds is 12. The lowest BCUT2D eigenvalue weighted by Gasteiger charge is -2.15. The molecule has 5 heteroatoms. The van der Waals surface area contributed by atoms with Crippen LogP contribution >= 0.6 is 0 Å². The highest BCUT2D eigenvalue weighted by Gasteiger charge is 2.05. The van der Waals surface area contributed by atoms with E-state index in [0.29, 0.717) is 33.0 Å². The van der Waals surface area contributed by atoms with Crippen LogP contribution in [-0.4, -0.2) is 53.8 Å². The fourth-order valence-electron chi connectivity index (χ4n) is 1.84. The third-order valence-corrected chi connectivity index (χ3v) is 3.09. The standard InChI is InChI=1S/C16H27NO4/c1-14(15-5-4-6-16(13-15)19-3)17-7-8-20-11-12-21-10-9-18-2/h4-6,13-14,17H,7-12H2,1-3H3/t14-/m0/s1. The van der Waals surface area contributed by atoms with Crippen molar-refractivity contribution in [3.8, 4) is 5.75 Å². The largest absolute Gasteiger partial charge is 0.497 e. The summed E-state index contributed by atoms with van der Waals surface area (Å²) in [5, 5.41) is 3.42. The van der Waals surface area contributed by atoms with Crippen molar-refractivity contribution in [2.24, 2.45) is 0 Å². The van der Waals surface area contributed by atoms with Gasteiger partial charge in [-0.1, -0.05) is 12.1 Å². The summed E-state index contributed by atoms with van der Waals surface area (Å²) in [5.41, 5.74) is 1.21. The molecule has 21 heavy (non-hydrogen) atoms. The number of hydrogen-bond acceptors (Lipinski definition) is 5. The van der Waals surface area contributed by atoms with Crippen LogP contribution in [0.2, 0.25) is 0 Å². The average molecular weight is 297 g/mol. The van der Waals surface area contributed by atoms with Crippen LogP contribution in [0, 0.1) is 0 Å². The average Bonchev–Trinajstić information content (AvgIpc) is 2.53. The van der Waals surface area contributed by atoms with Crippen LogP contribution in [-0.2, 0) is 14.2 Å². The maximum Gasteiger partial charge on any atom is 0.119 e. The molecule has 1 aromatic rings. The molecule has 5 nitrogen and oxygen atoms in total. The molecule has 0 aliphatic heterocycles. The minimum absolute atomic E-state index is 0.265. The maximum absolute atomic E-state index is 5.49. The van der Waals surface area contributed by atoms with E-state index >= 15 is 0 Å². The highest BCUT2D eigenvalue weighted by atomic mass is 16.5. The van der Waals surface area contributed by atoms with Crippen molar-refractivity contribution in [2.45, 2.75) is 13.0 Å². The number of hydrogen-bond donors (Lipinski definition) is 1. The van der Waals surface area contributed by atoms with Gasteiger partial charge in [0.05, 0.1) is 40.1 Å². The van der Waals surface area contributed by atoms with Gasteiger partial charge in [-0.3, -0.25) is 0 Å². The normalized spacial score (nSPS) is 12.3. The van der Waals surface area contributed by atoms with Crippen molar-refractivity contribution in [3.63, 3.8) is 0 Å². The van der Waals surface area contributed by atoms with Crippen molar-refractivity contribution in [2.75, 3.05) is 53.8 Å². The van der Waals surface area contributed by atoms with Crippen molar-refractivity contribution < 1.29 is 18.9 Å². The Balaban J connectivity index is 2.06. The van der Waals surface area contributed by atoms with Gasteiger partial charge in [0, 0.05) is 19.7 Å². The second-order valence-corrected chi connectivity index (χ2v) is 4.67. The topological polar surface area (TPSA) is 49.0 Å². The van der Waals surface area contributed by atoms with Gasteiger partial charge in [-0.15, -0.1) is 0 Å². The summed E-state index contributed by atoms with van der Waals surface area (Å²) in [6, 6.07) is 8.34. The maximum atomic E-state index is 5.49. The second-order valence-electron chi connectivity index (χ2n) is 4.67. The van der Waals surface area contributed by atoms with E-state index in [9.17, 15) is 0 Å². The molecule has 1 atom stereocenters. The Morgan fingerprint density at radius 2 is 1.71 bits per heavy atom. The van der Waals surface area contributed by atoms with Gasteiger partial charge in [-0.25, -0.2) is 0 Å². The van der Waals surface area contributed by atoms with E-state index in [0.717, 1.165) is 12.3 Å². The predicted octanol–water partition coefficient (Wildman–Crippen LogP) is 2.03. The van der Waals surface area contributed by atoms with E-state index < -0.39 is 0 Å². The highest BCUT2D eigenvalue weighted by Crippen LogP contribution is 2.18. The van der Waals surface area contributed by atoms with Crippen molar-refractivity contribution in [3.05, 3.63) is 29.8 Å². The molecule has 1 rings (SSSR count). The zero-order valence-corrected chi connectivity index (χ0v) is 13.3. The summed E-state index contributed by atoms with van der Waals surface area (Å²) in [6.45, 7) is 6.05. The van der Waals surface area contributed by atoms with E-state index in [4.69, 9.17) is 18.9 Å². The quantitative estimate of drug-likeness (QED) is 0.598. The summed E-state index contributed by atoms with van der Waals surface area (Å²) in [7, 11) is 3.34. The molecule has 1 N–H and O–H groups in total. The third kappa shape index (κ3) is 8.02. The van der Waals surface area contributed by atoms with E-state index in [1.165, 1.54) is 5.56 Å². The van der Waals surface area contributed by atoms with Gasteiger partial charge in [0.2, 0.25) is 0 Å². The van der Waals surface area contributed by atoms with E-state index in [1.807, 2.05) is 18.2 Å². The van der Waals surface area contributed by atoms with Crippen LogP contribution in [0.3, 0.4) is 0 Å². The molecule has 0 saturated heterocycles. The molecule has 0 aliphatic rings. The Morgan fingerprint density at radius 3 is 2.43 bits per heavy atom. The predicted molar refractivity (Wildman–Crippen MR) is 82.9 cm³/mol. The second kappa shape index (κ2) is 11.5. The fourth-order valence-corrected chi connectivity index (χ4v) is 1.84. The summed E-state index contributed by atoms with van der Waals surface area (Å²) >= 11 is 0. The Hall–Kier alpha value is -1.14. The number of benzene rings is 1. The molecule has 0 aliphatic carbocycles. The molecule has 120 valence electrons. The molecule has 0 saturated carbocycles. The van der Waals surface area contributed by atoms with Gasteiger partial charge in [0.1, 0.15) is 5.75 Å². The summed E-state index contributed by atoms with van der Waals surface area (Å²) in [5.74, 6) is 0.880. The van der Waals surface area contributed by atoms with Crippen LogP contribution in [0.15, 0.2) is 24.3 Å². The lowest BCUT2D eigenvalue weighted by atomic mass is 10.1. The lowest BCUT2D eigenvalue weighted by Crippen LogP contribution is -2.24. The third-order valence-electron chi connectivity index (χ3n) is 3.09. The zero-order valence-electron chi connectivity index (χ0n) is 13.3. The minimum atomic E-state index is 0.265. The molecule has 0 unspecified atom stereocenters. The molecule has 0 fully saturated rings. The number of methoxy groups -OCH3 is 2. The Morgan fingerprint density at radius 1 is 1.00 bits per heavy atom. The Bertz CT molecular complexity index is 373. The fraction of sp³-hybridized carbons (Fsp3) is 0.625. The summed E-state index contributed by atoms with van der Waals surface area (Å²) in [6.07, 6.45) is 0. The van der Waals surface area contributed by atoms with Crippen LogP contribution in [0.1, 0.15) is 18.5 Å². The summed E-state index contributed by atoms with van der Waals surface area (Å²) in [4.78, 5) is 0. The molecule has 0 spiro atoms. The first-order valence-corrected chi connectivity index (χ1v) is 7.29. The van der Waals surface area contributed by atoms with Crippen LogP contribution in [0.25, 0.3) is 0 Å². The molecule has 0 aromatic heterocycles. The number of nitrogens with one attached hydrogen (secondary N) is 1. The molecular formula is C16H27NO4. The van der Waals surface area contributed by atoms with Crippen LogP contribution in [0.4, 0.5) is 0 Å². The monoisotopic (exact) mass is 297 g/mol. The first kappa shape index (κ1) is 17.9. The smallest absolute Gasteiger partial charge is 0.119 e. The minimum Gasteiger partial charge on any atom is -0.497 e. The SMILES string of the molecule is COCCOCCOCCN[C@@H](C)c1cccc(OC)c1. The molecule has 0 radical (unpaired) electrons. The Labute approximate surface area is 127 Å². The van der Waals surface area contributed by atoms with Gasteiger partial charge in [-0.05, 0) is 24.6 Å². The van der Waals surface area contributed by atoms with Gasteiger partial charge in [0.15, 0.2) is 0 Å². The first-order valence-electron chi connectivity index (χ1n) is 7.29. The molecule has 0 amide bonds. The van der Waals surface area contributed by atoms with Crippen molar-refractivity contribution in [1.82, 2.24) is 5.32 Å². The zero-order chi connectivity index (χ0) is 15.3. The highest BCUT2D eigenvalue weighted by molar-refractivity contribution is 5.30. The molecule has 0 bridgehead atoms. The van der Waals surface area contributed by atoms with E-state index in [-0.39, 0.29) is 6.04 Å². The van der Waals surface area contributed by atoms with Crippen molar-refractivity contribution in [1.29, 1.82) is 0 Å². The Kier molecular flexibility index (Phi) is 9.82. The van der Waals surface area contributed by atoms with E-state index in [1.54, 1.807) is 14.2 Å². The van der Waals surface area contributed by atoms with E-state index in [2.05, 4.69) is 18.3 Å². The van der Waals surface area contributed by atoms with Crippen LogP contribution in [0.5, 0.6) is 5.75 Å².